The van der Waals surface area contributed by atoms with E-state index >= 15 is 0 Å². The fourth-order valence-electron chi connectivity index (χ4n) is 2.44. The molecule has 0 unspecified atom stereocenters. The van der Waals surface area contributed by atoms with Crippen molar-refractivity contribution in [1.29, 1.82) is 0 Å². The average molecular weight is 343 g/mol. The van der Waals surface area contributed by atoms with E-state index in [1.165, 1.54) is 12.1 Å². The number of carbonyl (C=O) groups excluding carboxylic acids is 3. The van der Waals surface area contributed by atoms with Crippen LogP contribution >= 0.6 is 0 Å². The highest BCUT2D eigenvalue weighted by Gasteiger charge is 2.36. The maximum Gasteiger partial charge on any atom is 0.271 e. The van der Waals surface area contributed by atoms with Crippen LogP contribution in [0, 0.1) is 15.9 Å². The van der Waals surface area contributed by atoms with Crippen LogP contribution in [0.5, 0.6) is 0 Å². The number of imide groups is 1. The summed E-state index contributed by atoms with van der Waals surface area (Å²) in [5.41, 5.74) is -0.447. The first-order valence-electron chi connectivity index (χ1n) is 7.07. The standard InChI is InChI=1S/C16H10FN3O5/c17-12-6-5-9(20(24)25)7-13(12)18-14(21)8-19-15(22)10-3-1-2-4-11(10)16(19)23/h1-7H,8H2,(H,18,21). The van der Waals surface area contributed by atoms with Gasteiger partial charge in [-0.25, -0.2) is 4.39 Å². The van der Waals surface area contributed by atoms with Gasteiger partial charge in [0.05, 0.1) is 21.7 Å². The summed E-state index contributed by atoms with van der Waals surface area (Å²) < 4.78 is 13.7. The quantitative estimate of drug-likeness (QED) is 0.518. The number of halogens is 1. The molecule has 0 saturated carbocycles. The number of non-ortho nitro benzene ring substituents is 1. The first-order chi connectivity index (χ1) is 11.9. The average Bonchev–Trinajstić information content (AvgIpc) is 2.82. The Morgan fingerprint density at radius 2 is 1.72 bits per heavy atom. The van der Waals surface area contributed by atoms with Gasteiger partial charge < -0.3 is 5.32 Å². The number of nitro benzene ring substituents is 1. The molecule has 0 atom stereocenters. The molecular formula is C16H10FN3O5. The van der Waals surface area contributed by atoms with Gasteiger partial charge >= 0.3 is 0 Å². The Kier molecular flexibility index (Phi) is 3.97. The van der Waals surface area contributed by atoms with Gasteiger partial charge in [-0.3, -0.25) is 29.4 Å². The molecule has 0 radical (unpaired) electrons. The molecule has 1 heterocycles. The molecule has 8 nitrogen and oxygen atoms in total. The summed E-state index contributed by atoms with van der Waals surface area (Å²) in [4.78, 5) is 47.1. The van der Waals surface area contributed by atoms with Crippen LogP contribution in [0.3, 0.4) is 0 Å². The summed E-state index contributed by atoms with van der Waals surface area (Å²) in [6.07, 6.45) is 0. The van der Waals surface area contributed by atoms with E-state index in [9.17, 15) is 28.9 Å². The number of hydrogen-bond acceptors (Lipinski definition) is 5. The van der Waals surface area contributed by atoms with E-state index < -0.39 is 46.4 Å². The van der Waals surface area contributed by atoms with Gasteiger partial charge in [0.2, 0.25) is 5.91 Å². The van der Waals surface area contributed by atoms with E-state index in [1.54, 1.807) is 12.1 Å². The van der Waals surface area contributed by atoms with Crippen LogP contribution in [0.15, 0.2) is 42.5 Å². The molecule has 25 heavy (non-hydrogen) atoms. The van der Waals surface area contributed by atoms with Crippen molar-refractivity contribution in [3.8, 4) is 0 Å². The Labute approximate surface area is 140 Å². The van der Waals surface area contributed by atoms with Crippen LogP contribution < -0.4 is 5.32 Å². The number of amides is 3. The number of rotatable bonds is 4. The van der Waals surface area contributed by atoms with Crippen LogP contribution in [-0.2, 0) is 4.79 Å². The minimum absolute atomic E-state index is 0.182. The fourth-order valence-corrected chi connectivity index (χ4v) is 2.44. The van der Waals surface area contributed by atoms with Gasteiger partial charge in [0.1, 0.15) is 12.4 Å². The third-order valence-electron chi connectivity index (χ3n) is 3.61. The molecular weight excluding hydrogens is 333 g/mol. The van der Waals surface area contributed by atoms with Crippen LogP contribution in [0.2, 0.25) is 0 Å². The fraction of sp³-hybridized carbons (Fsp3) is 0.0625. The Bertz CT molecular complexity index is 893. The number of nitro groups is 1. The van der Waals surface area contributed by atoms with Crippen LogP contribution in [0.25, 0.3) is 0 Å². The Hall–Kier alpha value is -3.62. The highest BCUT2D eigenvalue weighted by atomic mass is 19.1. The topological polar surface area (TPSA) is 110 Å². The summed E-state index contributed by atoms with van der Waals surface area (Å²) in [6, 6.07) is 8.76. The van der Waals surface area contributed by atoms with Gasteiger partial charge in [0.25, 0.3) is 17.5 Å². The summed E-state index contributed by atoms with van der Waals surface area (Å²) >= 11 is 0. The van der Waals surface area contributed by atoms with Gasteiger partial charge in [0, 0.05) is 12.1 Å². The summed E-state index contributed by atoms with van der Waals surface area (Å²) in [7, 11) is 0. The zero-order valence-corrected chi connectivity index (χ0v) is 12.6. The van der Waals surface area contributed by atoms with E-state index in [-0.39, 0.29) is 11.1 Å². The minimum atomic E-state index is -0.874. The number of benzene rings is 2. The zero-order valence-electron chi connectivity index (χ0n) is 12.6. The van der Waals surface area contributed by atoms with Crippen molar-refractivity contribution < 1.29 is 23.7 Å². The second-order valence-corrected chi connectivity index (χ2v) is 5.21. The van der Waals surface area contributed by atoms with Crippen molar-refractivity contribution in [3.05, 3.63) is 69.5 Å². The summed E-state index contributed by atoms with van der Waals surface area (Å²) in [6.45, 7) is -0.630. The summed E-state index contributed by atoms with van der Waals surface area (Å²) in [5, 5.41) is 12.8. The molecule has 0 aliphatic carbocycles. The van der Waals surface area contributed by atoms with Crippen molar-refractivity contribution in [3.63, 3.8) is 0 Å². The molecule has 0 saturated heterocycles. The molecule has 0 spiro atoms. The van der Waals surface area contributed by atoms with Crippen LogP contribution in [0.4, 0.5) is 15.8 Å². The first kappa shape index (κ1) is 16.2. The second kappa shape index (κ2) is 6.11. The van der Waals surface area contributed by atoms with E-state index in [1.807, 2.05) is 0 Å². The van der Waals surface area contributed by atoms with E-state index in [0.29, 0.717) is 0 Å². The van der Waals surface area contributed by atoms with Crippen molar-refractivity contribution in [1.82, 2.24) is 4.90 Å². The van der Waals surface area contributed by atoms with Crippen molar-refractivity contribution in [2.75, 3.05) is 11.9 Å². The Morgan fingerprint density at radius 3 is 2.28 bits per heavy atom. The number of hydrogen-bond donors (Lipinski definition) is 1. The lowest BCUT2D eigenvalue weighted by Crippen LogP contribution is -2.37. The Morgan fingerprint density at radius 1 is 1.12 bits per heavy atom. The second-order valence-electron chi connectivity index (χ2n) is 5.21. The monoisotopic (exact) mass is 343 g/mol. The lowest BCUT2D eigenvalue weighted by molar-refractivity contribution is -0.384. The number of anilines is 1. The third kappa shape index (κ3) is 2.94. The largest absolute Gasteiger partial charge is 0.322 e. The van der Waals surface area contributed by atoms with Crippen LogP contribution in [0.1, 0.15) is 20.7 Å². The molecule has 3 amide bonds. The van der Waals surface area contributed by atoms with Crippen molar-refractivity contribution in [2.45, 2.75) is 0 Å². The maximum absolute atomic E-state index is 13.7. The maximum atomic E-state index is 13.7. The van der Waals surface area contributed by atoms with Gasteiger partial charge in [-0.05, 0) is 18.2 Å². The van der Waals surface area contributed by atoms with Crippen molar-refractivity contribution >= 4 is 29.1 Å². The van der Waals surface area contributed by atoms with Gasteiger partial charge in [-0.2, -0.15) is 0 Å². The molecule has 0 aromatic heterocycles. The lowest BCUT2D eigenvalue weighted by atomic mass is 10.1. The zero-order chi connectivity index (χ0) is 18.1. The molecule has 3 rings (SSSR count). The van der Waals surface area contributed by atoms with E-state index in [2.05, 4.69) is 5.32 Å². The lowest BCUT2D eigenvalue weighted by Gasteiger charge is -2.13. The van der Waals surface area contributed by atoms with Gasteiger partial charge in [0.15, 0.2) is 0 Å². The molecule has 1 aliphatic heterocycles. The molecule has 2 aromatic carbocycles. The van der Waals surface area contributed by atoms with E-state index in [4.69, 9.17) is 0 Å². The minimum Gasteiger partial charge on any atom is -0.322 e. The smallest absolute Gasteiger partial charge is 0.271 e. The number of carbonyl (C=O) groups is 3. The summed E-state index contributed by atoms with van der Waals surface area (Å²) in [5.74, 6) is -2.99. The predicted molar refractivity (Wildman–Crippen MR) is 83.5 cm³/mol. The molecule has 1 N–H and O–H groups in total. The van der Waals surface area contributed by atoms with Gasteiger partial charge in [-0.15, -0.1) is 0 Å². The molecule has 1 aliphatic rings. The molecule has 2 aromatic rings. The highest BCUT2D eigenvalue weighted by molar-refractivity contribution is 6.22. The van der Waals surface area contributed by atoms with Gasteiger partial charge in [-0.1, -0.05) is 12.1 Å². The SMILES string of the molecule is O=C(CN1C(=O)c2ccccc2C1=O)Nc1cc([N+](=O)[O-])ccc1F. The number of nitrogens with one attached hydrogen (secondary N) is 1. The molecule has 9 heteroatoms. The van der Waals surface area contributed by atoms with Crippen LogP contribution in [-0.4, -0.2) is 34.1 Å². The highest BCUT2D eigenvalue weighted by Crippen LogP contribution is 2.23. The third-order valence-corrected chi connectivity index (χ3v) is 3.61. The van der Waals surface area contributed by atoms with Crippen molar-refractivity contribution in [2.24, 2.45) is 0 Å². The van der Waals surface area contributed by atoms with E-state index in [0.717, 1.165) is 23.1 Å². The number of nitrogens with zero attached hydrogens (tertiary/aromatic N) is 2. The molecule has 126 valence electrons. The normalized spacial score (nSPS) is 12.9. The predicted octanol–water partition coefficient (Wildman–Crippen LogP) is 1.97. The molecule has 0 fully saturated rings. The molecule has 0 bridgehead atoms. The first-order valence-corrected chi connectivity index (χ1v) is 7.07. The number of fused-ring (bicyclic) bond motifs is 1. The Balaban J connectivity index is 1.76.